The van der Waals surface area contributed by atoms with Gasteiger partial charge in [0.15, 0.2) is 0 Å². The molecule has 72 valence electrons. The van der Waals surface area contributed by atoms with Crippen molar-refractivity contribution < 1.29 is 4.79 Å². The average Bonchev–Trinajstić information content (AvgIpc) is 2.33. The topological polar surface area (TPSA) is 34.9 Å². The molecule has 0 aliphatic rings. The summed E-state index contributed by atoms with van der Waals surface area (Å²) in [5.74, 6) is 0.772. The summed E-state index contributed by atoms with van der Waals surface area (Å²) < 4.78 is 1.89. The zero-order valence-electron chi connectivity index (χ0n) is 8.45. The van der Waals surface area contributed by atoms with Gasteiger partial charge in [-0.3, -0.25) is 9.48 Å². The van der Waals surface area contributed by atoms with Crippen LogP contribution in [-0.4, -0.2) is 15.6 Å². The van der Waals surface area contributed by atoms with Crippen molar-refractivity contribution in [2.45, 2.75) is 33.7 Å². The van der Waals surface area contributed by atoms with Crippen LogP contribution in [0, 0.1) is 5.92 Å². The lowest BCUT2D eigenvalue weighted by Crippen LogP contribution is -2.04. The Hall–Kier alpha value is -1.12. The van der Waals surface area contributed by atoms with Crippen LogP contribution in [0.25, 0.3) is 0 Å². The van der Waals surface area contributed by atoms with Crippen LogP contribution in [0.3, 0.4) is 0 Å². The summed E-state index contributed by atoms with van der Waals surface area (Å²) in [6.07, 6.45) is 4.21. The minimum Gasteiger partial charge on any atom is -0.300 e. The third-order valence-corrected chi connectivity index (χ3v) is 1.69. The Labute approximate surface area is 78.8 Å². The molecule has 0 aromatic carbocycles. The molecule has 1 aromatic rings. The van der Waals surface area contributed by atoms with Gasteiger partial charge in [0.1, 0.15) is 5.78 Å². The average molecular weight is 180 g/mol. The monoisotopic (exact) mass is 180 g/mol. The van der Waals surface area contributed by atoms with Crippen molar-refractivity contribution in [2.24, 2.45) is 5.92 Å². The van der Waals surface area contributed by atoms with Gasteiger partial charge in [0.05, 0.1) is 6.20 Å². The smallest absolute Gasteiger partial charge is 0.134 e. The summed E-state index contributed by atoms with van der Waals surface area (Å²) in [6.45, 7) is 6.80. The highest BCUT2D eigenvalue weighted by Gasteiger charge is 2.02. The van der Waals surface area contributed by atoms with Gasteiger partial charge in [-0.05, 0) is 18.4 Å². The second-order valence-corrected chi connectivity index (χ2v) is 3.84. The quantitative estimate of drug-likeness (QED) is 0.706. The van der Waals surface area contributed by atoms with Gasteiger partial charge >= 0.3 is 0 Å². The van der Waals surface area contributed by atoms with Crippen molar-refractivity contribution in [3.63, 3.8) is 0 Å². The lowest BCUT2D eigenvalue weighted by molar-refractivity contribution is -0.116. The largest absolute Gasteiger partial charge is 0.300 e. The summed E-state index contributed by atoms with van der Waals surface area (Å²) in [6, 6.07) is 0. The maximum absolute atomic E-state index is 10.8. The summed E-state index contributed by atoms with van der Waals surface area (Å²) in [4.78, 5) is 10.8. The highest BCUT2D eigenvalue weighted by molar-refractivity contribution is 5.77. The van der Waals surface area contributed by atoms with Crippen LogP contribution in [0.1, 0.15) is 26.3 Å². The molecule has 1 rings (SSSR count). The van der Waals surface area contributed by atoms with Gasteiger partial charge in [-0.15, -0.1) is 0 Å². The van der Waals surface area contributed by atoms with Crippen molar-refractivity contribution >= 4 is 5.78 Å². The van der Waals surface area contributed by atoms with Crippen LogP contribution >= 0.6 is 0 Å². The summed E-state index contributed by atoms with van der Waals surface area (Å²) in [5, 5.41) is 4.17. The van der Waals surface area contributed by atoms with E-state index in [0.29, 0.717) is 12.3 Å². The molecule has 0 bridgehead atoms. The van der Waals surface area contributed by atoms with E-state index in [1.165, 1.54) is 0 Å². The fourth-order valence-corrected chi connectivity index (χ4v) is 1.26. The number of hydrogen-bond donors (Lipinski definition) is 0. The molecule has 0 N–H and O–H groups in total. The van der Waals surface area contributed by atoms with Crippen molar-refractivity contribution in [1.82, 2.24) is 9.78 Å². The van der Waals surface area contributed by atoms with E-state index in [0.717, 1.165) is 12.1 Å². The van der Waals surface area contributed by atoms with E-state index in [1.54, 1.807) is 13.1 Å². The number of carbonyl (C=O) groups is 1. The predicted octanol–water partition coefficient (Wildman–Crippen LogP) is 1.67. The molecule has 1 heterocycles. The van der Waals surface area contributed by atoms with Gasteiger partial charge in [-0.1, -0.05) is 13.8 Å². The molecule has 3 nitrogen and oxygen atoms in total. The van der Waals surface area contributed by atoms with Gasteiger partial charge in [0, 0.05) is 19.2 Å². The number of ketones is 1. The normalized spacial score (nSPS) is 10.8. The number of nitrogens with zero attached hydrogens (tertiary/aromatic N) is 2. The van der Waals surface area contributed by atoms with Crippen molar-refractivity contribution in [1.29, 1.82) is 0 Å². The van der Waals surface area contributed by atoms with E-state index in [1.807, 2.05) is 10.9 Å². The molecule has 0 spiro atoms. The van der Waals surface area contributed by atoms with Gasteiger partial charge in [0.25, 0.3) is 0 Å². The first-order valence-electron chi connectivity index (χ1n) is 4.58. The zero-order chi connectivity index (χ0) is 9.84. The van der Waals surface area contributed by atoms with Crippen molar-refractivity contribution in [3.8, 4) is 0 Å². The van der Waals surface area contributed by atoms with Crippen LogP contribution in [-0.2, 0) is 17.8 Å². The fourth-order valence-electron chi connectivity index (χ4n) is 1.26. The highest BCUT2D eigenvalue weighted by atomic mass is 16.1. The molecule has 0 aliphatic carbocycles. The standard InChI is InChI=1S/C10H16N2O/c1-8(2)6-12-7-10(5-11-12)4-9(3)13/h5,7-8H,4,6H2,1-3H3. The Bertz CT molecular complexity index is 289. The second kappa shape index (κ2) is 4.21. The van der Waals surface area contributed by atoms with Gasteiger partial charge in [-0.2, -0.15) is 5.10 Å². The number of Topliss-reactive ketones (excluding diaryl/α,β-unsaturated/α-hetero) is 1. The van der Waals surface area contributed by atoms with Gasteiger partial charge in [0.2, 0.25) is 0 Å². The summed E-state index contributed by atoms with van der Waals surface area (Å²) in [5.41, 5.74) is 1.01. The summed E-state index contributed by atoms with van der Waals surface area (Å²) in [7, 11) is 0. The number of rotatable bonds is 4. The maximum Gasteiger partial charge on any atom is 0.134 e. The molecule has 0 saturated heterocycles. The van der Waals surface area contributed by atoms with E-state index in [2.05, 4.69) is 18.9 Å². The Morgan fingerprint density at radius 2 is 2.31 bits per heavy atom. The summed E-state index contributed by atoms with van der Waals surface area (Å²) >= 11 is 0. The maximum atomic E-state index is 10.8. The lowest BCUT2D eigenvalue weighted by atomic mass is 10.2. The Balaban J connectivity index is 2.58. The molecule has 0 amide bonds. The first-order chi connectivity index (χ1) is 6.08. The molecule has 0 atom stereocenters. The molecule has 0 aliphatic heterocycles. The van der Waals surface area contributed by atoms with Crippen LogP contribution in [0.5, 0.6) is 0 Å². The van der Waals surface area contributed by atoms with Crippen LogP contribution < -0.4 is 0 Å². The van der Waals surface area contributed by atoms with Crippen molar-refractivity contribution in [3.05, 3.63) is 18.0 Å². The minimum atomic E-state index is 0.184. The Kier molecular flexibility index (Phi) is 3.23. The molecule has 0 radical (unpaired) electrons. The SMILES string of the molecule is CC(=O)Cc1cnn(CC(C)C)c1. The molecule has 0 unspecified atom stereocenters. The lowest BCUT2D eigenvalue weighted by Gasteiger charge is -2.03. The first-order valence-corrected chi connectivity index (χ1v) is 4.58. The molecule has 13 heavy (non-hydrogen) atoms. The molecular weight excluding hydrogens is 164 g/mol. The first kappa shape index (κ1) is 9.96. The van der Waals surface area contributed by atoms with E-state index in [4.69, 9.17) is 0 Å². The molecule has 3 heteroatoms. The fraction of sp³-hybridized carbons (Fsp3) is 0.600. The predicted molar refractivity (Wildman–Crippen MR) is 51.5 cm³/mol. The third kappa shape index (κ3) is 3.40. The Morgan fingerprint density at radius 1 is 1.62 bits per heavy atom. The molecule has 0 saturated carbocycles. The van der Waals surface area contributed by atoms with Crippen LogP contribution in [0.2, 0.25) is 0 Å². The minimum absolute atomic E-state index is 0.184. The zero-order valence-corrected chi connectivity index (χ0v) is 8.45. The molecule has 1 aromatic heterocycles. The number of hydrogen-bond acceptors (Lipinski definition) is 2. The van der Waals surface area contributed by atoms with E-state index in [-0.39, 0.29) is 5.78 Å². The van der Waals surface area contributed by atoms with Crippen LogP contribution in [0.15, 0.2) is 12.4 Å². The highest BCUT2D eigenvalue weighted by Crippen LogP contribution is 2.02. The molecule has 0 fully saturated rings. The van der Waals surface area contributed by atoms with Crippen LogP contribution in [0.4, 0.5) is 0 Å². The third-order valence-electron chi connectivity index (χ3n) is 1.69. The van der Waals surface area contributed by atoms with Gasteiger partial charge in [-0.25, -0.2) is 0 Å². The Morgan fingerprint density at radius 3 is 2.85 bits per heavy atom. The second-order valence-electron chi connectivity index (χ2n) is 3.84. The van der Waals surface area contributed by atoms with E-state index >= 15 is 0 Å². The van der Waals surface area contributed by atoms with Crippen molar-refractivity contribution in [2.75, 3.05) is 0 Å². The molecular formula is C10H16N2O. The number of carbonyl (C=O) groups excluding carboxylic acids is 1. The van der Waals surface area contributed by atoms with E-state index < -0.39 is 0 Å². The van der Waals surface area contributed by atoms with E-state index in [9.17, 15) is 4.79 Å². The van der Waals surface area contributed by atoms with Gasteiger partial charge < -0.3 is 0 Å². The number of aromatic nitrogens is 2.